The maximum atomic E-state index is 12.3. The van der Waals surface area contributed by atoms with Crippen LogP contribution in [0.25, 0.3) is 0 Å². The van der Waals surface area contributed by atoms with E-state index in [0.717, 1.165) is 10.5 Å². The molecule has 0 fully saturated rings. The van der Waals surface area contributed by atoms with E-state index in [1.54, 1.807) is 36.4 Å². The van der Waals surface area contributed by atoms with Crippen molar-refractivity contribution in [2.24, 2.45) is 0 Å². The van der Waals surface area contributed by atoms with E-state index in [4.69, 9.17) is 11.6 Å². The topological polar surface area (TPSA) is 66.5 Å². The zero-order chi connectivity index (χ0) is 17.3. The average molecular weight is 343 g/mol. The number of aryl methyl sites for hydroxylation is 1. The number of nitrogens with one attached hydrogen (secondary N) is 1. The van der Waals surface area contributed by atoms with Crippen LogP contribution >= 0.6 is 11.6 Å². The zero-order valence-corrected chi connectivity index (χ0v) is 13.8. The summed E-state index contributed by atoms with van der Waals surface area (Å²) in [6.07, 6.45) is 0. The van der Waals surface area contributed by atoms with Crippen LogP contribution in [0.1, 0.15) is 36.6 Å². The Labute approximate surface area is 144 Å². The molecule has 0 bridgehead atoms. The van der Waals surface area contributed by atoms with E-state index >= 15 is 0 Å². The molecule has 1 aliphatic rings. The van der Waals surface area contributed by atoms with Gasteiger partial charge in [0.15, 0.2) is 0 Å². The van der Waals surface area contributed by atoms with Gasteiger partial charge in [0.05, 0.1) is 16.1 Å². The van der Waals surface area contributed by atoms with Gasteiger partial charge in [0, 0.05) is 18.7 Å². The van der Waals surface area contributed by atoms with Crippen molar-refractivity contribution in [3.8, 4) is 0 Å². The number of benzene rings is 2. The molecule has 1 aliphatic heterocycles. The van der Waals surface area contributed by atoms with Crippen LogP contribution < -0.4 is 5.32 Å². The SMILES string of the molecule is Cc1cccc(C(=O)NCCN2C(=O)c3cccc(Cl)c3C2=O)c1. The fraction of sp³-hybridized carbons (Fsp3) is 0.167. The van der Waals surface area contributed by atoms with Crippen LogP contribution in [0.3, 0.4) is 0 Å². The minimum Gasteiger partial charge on any atom is -0.350 e. The van der Waals surface area contributed by atoms with Crippen LogP contribution in [0.15, 0.2) is 42.5 Å². The molecule has 0 spiro atoms. The van der Waals surface area contributed by atoms with E-state index in [1.807, 2.05) is 13.0 Å². The molecule has 0 aliphatic carbocycles. The lowest BCUT2D eigenvalue weighted by atomic mass is 10.1. The Morgan fingerprint density at radius 2 is 1.88 bits per heavy atom. The van der Waals surface area contributed by atoms with E-state index in [0.29, 0.717) is 11.1 Å². The minimum absolute atomic E-state index is 0.0975. The van der Waals surface area contributed by atoms with Crippen molar-refractivity contribution in [3.63, 3.8) is 0 Å². The standard InChI is InChI=1S/C18H15ClN2O3/c1-11-4-2-5-12(10-11)16(22)20-8-9-21-17(23)13-6-3-7-14(19)15(13)18(21)24/h2-7,10H,8-9H2,1H3,(H,20,22). The molecule has 24 heavy (non-hydrogen) atoms. The summed E-state index contributed by atoms with van der Waals surface area (Å²) in [7, 11) is 0. The van der Waals surface area contributed by atoms with E-state index in [9.17, 15) is 14.4 Å². The number of carbonyl (C=O) groups excluding carboxylic acids is 3. The summed E-state index contributed by atoms with van der Waals surface area (Å²) in [6.45, 7) is 2.18. The van der Waals surface area contributed by atoms with Crippen LogP contribution in [-0.4, -0.2) is 35.7 Å². The molecule has 122 valence electrons. The molecule has 1 heterocycles. The molecule has 2 aromatic carbocycles. The molecule has 3 amide bonds. The minimum atomic E-state index is -0.426. The van der Waals surface area contributed by atoms with Gasteiger partial charge in [0.25, 0.3) is 17.7 Å². The fourth-order valence-corrected chi connectivity index (χ4v) is 2.92. The quantitative estimate of drug-likeness (QED) is 0.869. The maximum Gasteiger partial charge on any atom is 0.263 e. The summed E-state index contributed by atoms with van der Waals surface area (Å²) in [5.74, 6) is -1.05. The van der Waals surface area contributed by atoms with Crippen molar-refractivity contribution in [2.45, 2.75) is 6.92 Å². The number of hydrogen-bond donors (Lipinski definition) is 1. The highest BCUT2D eigenvalue weighted by Gasteiger charge is 2.36. The number of rotatable bonds is 4. The van der Waals surface area contributed by atoms with Crippen LogP contribution in [-0.2, 0) is 0 Å². The lowest BCUT2D eigenvalue weighted by Gasteiger charge is -2.14. The van der Waals surface area contributed by atoms with Crippen molar-refractivity contribution in [2.75, 3.05) is 13.1 Å². The smallest absolute Gasteiger partial charge is 0.263 e. The van der Waals surface area contributed by atoms with Crippen LogP contribution in [0.5, 0.6) is 0 Å². The van der Waals surface area contributed by atoms with Crippen molar-refractivity contribution in [1.82, 2.24) is 10.2 Å². The second kappa shape index (κ2) is 6.45. The third-order valence-corrected chi connectivity index (χ3v) is 4.16. The second-order valence-electron chi connectivity index (χ2n) is 5.55. The molecule has 0 aromatic heterocycles. The first kappa shape index (κ1) is 16.2. The first-order chi connectivity index (χ1) is 11.5. The molecule has 0 radical (unpaired) electrons. The highest BCUT2D eigenvalue weighted by atomic mass is 35.5. The Bertz CT molecular complexity index is 848. The van der Waals surface area contributed by atoms with Crippen molar-refractivity contribution in [3.05, 3.63) is 69.7 Å². The van der Waals surface area contributed by atoms with Gasteiger partial charge in [-0.25, -0.2) is 0 Å². The van der Waals surface area contributed by atoms with Crippen LogP contribution in [0, 0.1) is 6.92 Å². The summed E-state index contributed by atoms with van der Waals surface area (Å²) < 4.78 is 0. The lowest BCUT2D eigenvalue weighted by molar-refractivity contribution is 0.0650. The van der Waals surface area contributed by atoms with Crippen LogP contribution in [0.2, 0.25) is 5.02 Å². The van der Waals surface area contributed by atoms with E-state index in [1.165, 1.54) is 0 Å². The molecule has 3 rings (SSSR count). The number of imide groups is 1. The predicted molar refractivity (Wildman–Crippen MR) is 90.3 cm³/mol. The van der Waals surface area contributed by atoms with E-state index in [2.05, 4.69) is 5.32 Å². The van der Waals surface area contributed by atoms with Gasteiger partial charge >= 0.3 is 0 Å². The first-order valence-electron chi connectivity index (χ1n) is 7.48. The molecule has 5 nitrogen and oxygen atoms in total. The molecule has 0 atom stereocenters. The number of amides is 3. The molecule has 0 saturated carbocycles. The molecule has 1 N–H and O–H groups in total. The van der Waals surface area contributed by atoms with Gasteiger partial charge in [-0.2, -0.15) is 0 Å². The van der Waals surface area contributed by atoms with Crippen molar-refractivity contribution >= 4 is 29.3 Å². The largest absolute Gasteiger partial charge is 0.350 e. The average Bonchev–Trinajstić information content (AvgIpc) is 2.80. The van der Waals surface area contributed by atoms with Gasteiger partial charge in [0.2, 0.25) is 0 Å². The predicted octanol–water partition coefficient (Wildman–Crippen LogP) is 2.67. The summed E-state index contributed by atoms with van der Waals surface area (Å²) in [6, 6.07) is 12.0. The normalized spacial score (nSPS) is 13.2. The molecule has 0 unspecified atom stereocenters. The molecular weight excluding hydrogens is 328 g/mol. The summed E-state index contributed by atoms with van der Waals surface area (Å²) in [5.41, 5.74) is 2.06. The molecule has 2 aromatic rings. The van der Waals surface area contributed by atoms with Gasteiger partial charge < -0.3 is 5.32 Å². The summed E-state index contributed by atoms with van der Waals surface area (Å²) in [5, 5.41) is 2.98. The second-order valence-corrected chi connectivity index (χ2v) is 5.96. The van der Waals surface area contributed by atoms with Gasteiger partial charge in [-0.05, 0) is 31.2 Å². The molecule has 0 saturated heterocycles. The number of halogens is 1. The first-order valence-corrected chi connectivity index (χ1v) is 7.86. The Hall–Kier alpha value is -2.66. The highest BCUT2D eigenvalue weighted by molar-refractivity contribution is 6.37. The Kier molecular flexibility index (Phi) is 4.36. The maximum absolute atomic E-state index is 12.3. The number of fused-ring (bicyclic) bond motifs is 1. The van der Waals surface area contributed by atoms with Gasteiger partial charge in [-0.1, -0.05) is 35.4 Å². The monoisotopic (exact) mass is 342 g/mol. The fourth-order valence-electron chi connectivity index (χ4n) is 2.66. The Balaban J connectivity index is 1.64. The third-order valence-electron chi connectivity index (χ3n) is 3.85. The summed E-state index contributed by atoms with van der Waals surface area (Å²) >= 11 is 6.00. The summed E-state index contributed by atoms with van der Waals surface area (Å²) in [4.78, 5) is 37.8. The van der Waals surface area contributed by atoms with E-state index in [-0.39, 0.29) is 35.5 Å². The molecular formula is C18H15ClN2O3. The van der Waals surface area contributed by atoms with Crippen molar-refractivity contribution in [1.29, 1.82) is 0 Å². The van der Waals surface area contributed by atoms with Gasteiger partial charge in [-0.3, -0.25) is 19.3 Å². The van der Waals surface area contributed by atoms with Crippen LogP contribution in [0.4, 0.5) is 0 Å². The van der Waals surface area contributed by atoms with Crippen molar-refractivity contribution < 1.29 is 14.4 Å². The Morgan fingerprint density at radius 3 is 2.58 bits per heavy atom. The van der Waals surface area contributed by atoms with Gasteiger partial charge in [0.1, 0.15) is 0 Å². The van der Waals surface area contributed by atoms with Gasteiger partial charge in [-0.15, -0.1) is 0 Å². The zero-order valence-electron chi connectivity index (χ0n) is 13.0. The van der Waals surface area contributed by atoms with E-state index < -0.39 is 5.91 Å². The third kappa shape index (κ3) is 2.90. The Morgan fingerprint density at radius 1 is 1.12 bits per heavy atom. The molecule has 6 heteroatoms. The number of carbonyl (C=O) groups is 3. The number of nitrogens with zero attached hydrogens (tertiary/aromatic N) is 1. The lowest BCUT2D eigenvalue weighted by Crippen LogP contribution is -2.38. The highest BCUT2D eigenvalue weighted by Crippen LogP contribution is 2.28. The number of hydrogen-bond acceptors (Lipinski definition) is 3.